The van der Waals surface area contributed by atoms with E-state index in [4.69, 9.17) is 4.74 Å². The highest BCUT2D eigenvalue weighted by molar-refractivity contribution is 7.91. The van der Waals surface area contributed by atoms with Crippen LogP contribution in [0.4, 0.5) is 0 Å². The van der Waals surface area contributed by atoms with Gasteiger partial charge in [-0.1, -0.05) is 59.3 Å². The predicted molar refractivity (Wildman–Crippen MR) is 223 cm³/mol. The van der Waals surface area contributed by atoms with Gasteiger partial charge >= 0.3 is 5.97 Å². The highest BCUT2D eigenvalue weighted by Gasteiger charge is 2.69. The molecule has 9 heteroatoms. The third-order valence-corrected chi connectivity index (χ3v) is 20.1. The number of fused-ring (bicyclic) bond motifs is 7. The summed E-state index contributed by atoms with van der Waals surface area (Å²) in [6, 6.07) is 3.87. The van der Waals surface area contributed by atoms with Crippen molar-refractivity contribution < 1.29 is 23.1 Å². The number of carboxylic acids is 1. The summed E-state index contributed by atoms with van der Waals surface area (Å²) in [6.07, 6.45) is 22.1. The SMILES string of the molecule is Cc1cccnc1OCCC1(C(=O)O)CC=C(C2=CCC3(C)C(CCC4(C)C3CCC3[C@H]5CCCC5(NCCN5CCS(=O)(=O)CC5)CC[C@]34C)C2(C)C)CC1. The summed E-state index contributed by atoms with van der Waals surface area (Å²) in [5, 5.41) is 14.7. The van der Waals surface area contributed by atoms with Gasteiger partial charge in [-0.2, -0.15) is 0 Å². The molecule has 4 saturated carbocycles. The van der Waals surface area contributed by atoms with Crippen LogP contribution in [0.2, 0.25) is 0 Å². The van der Waals surface area contributed by atoms with Crippen molar-refractivity contribution in [3.8, 4) is 5.88 Å². The Kier molecular flexibility index (Phi) is 10.5. The molecule has 1 aliphatic heterocycles. The zero-order valence-electron chi connectivity index (χ0n) is 35.4. The van der Waals surface area contributed by atoms with E-state index in [1.54, 1.807) is 6.20 Å². The Balaban J connectivity index is 0.960. The average molecular weight is 790 g/mol. The number of carbonyl (C=O) groups is 1. The molecule has 0 amide bonds. The average Bonchev–Trinajstić information content (AvgIpc) is 3.58. The van der Waals surface area contributed by atoms with Gasteiger partial charge in [-0.15, -0.1) is 0 Å². The zero-order chi connectivity index (χ0) is 39.8. The quantitative estimate of drug-likeness (QED) is 0.242. The lowest BCUT2D eigenvalue weighted by molar-refractivity contribution is -0.218. The third-order valence-electron chi connectivity index (χ3n) is 18.5. The number of aromatic nitrogens is 1. The molecule has 310 valence electrons. The molecule has 2 heterocycles. The Hall–Kier alpha value is -2.23. The molecule has 9 atom stereocenters. The minimum absolute atomic E-state index is 0.0381. The lowest BCUT2D eigenvalue weighted by Gasteiger charge is -2.72. The highest BCUT2D eigenvalue weighted by Crippen LogP contribution is 2.76. The van der Waals surface area contributed by atoms with Crippen LogP contribution in [0, 0.1) is 57.7 Å². The fourth-order valence-electron chi connectivity index (χ4n) is 15.1. The minimum Gasteiger partial charge on any atom is -0.481 e. The number of aryl methyl sites for hydroxylation is 1. The maximum Gasteiger partial charge on any atom is 0.310 e. The van der Waals surface area contributed by atoms with E-state index in [-0.39, 0.29) is 16.4 Å². The molecule has 0 bridgehead atoms. The molecule has 2 N–H and O–H groups in total. The second-order valence-corrected chi connectivity index (χ2v) is 23.3. The van der Waals surface area contributed by atoms with Gasteiger partial charge in [0.05, 0.1) is 23.5 Å². The van der Waals surface area contributed by atoms with Gasteiger partial charge in [0.1, 0.15) is 0 Å². The number of carboxylic acid groups (broad SMARTS) is 1. The minimum atomic E-state index is -2.85. The van der Waals surface area contributed by atoms with Crippen LogP contribution in [0.15, 0.2) is 41.6 Å². The second-order valence-electron chi connectivity index (χ2n) is 21.0. The molecule has 1 saturated heterocycles. The Bertz CT molecular complexity index is 1840. The molecule has 7 unspecified atom stereocenters. The van der Waals surface area contributed by atoms with Gasteiger partial charge in [-0.05, 0) is 153 Å². The molecule has 6 aliphatic carbocycles. The molecule has 0 aromatic carbocycles. The molecule has 1 aromatic heterocycles. The van der Waals surface area contributed by atoms with E-state index in [9.17, 15) is 18.3 Å². The predicted octanol–water partition coefficient (Wildman–Crippen LogP) is 8.80. The van der Waals surface area contributed by atoms with Crippen molar-refractivity contribution in [3.63, 3.8) is 0 Å². The lowest BCUT2D eigenvalue weighted by atomic mass is 9.33. The molecule has 8 nitrogen and oxygen atoms in total. The van der Waals surface area contributed by atoms with Gasteiger partial charge in [0, 0.05) is 43.5 Å². The largest absolute Gasteiger partial charge is 0.481 e. The van der Waals surface area contributed by atoms with E-state index < -0.39 is 21.2 Å². The summed E-state index contributed by atoms with van der Waals surface area (Å²) in [7, 11) is -2.85. The molecule has 8 rings (SSSR count). The highest BCUT2D eigenvalue weighted by atomic mass is 32.2. The number of nitrogens with zero attached hydrogens (tertiary/aromatic N) is 2. The number of ether oxygens (including phenoxy) is 1. The van der Waals surface area contributed by atoms with E-state index in [1.165, 1.54) is 68.9 Å². The summed E-state index contributed by atoms with van der Waals surface area (Å²) in [5.41, 5.74) is 4.25. The summed E-state index contributed by atoms with van der Waals surface area (Å²) in [6.45, 7) is 18.8. The van der Waals surface area contributed by atoms with Crippen LogP contribution in [-0.4, -0.2) is 79.2 Å². The number of nitrogens with one attached hydrogen (secondary N) is 1. The second kappa shape index (κ2) is 14.5. The van der Waals surface area contributed by atoms with E-state index in [0.717, 1.165) is 43.3 Å². The third kappa shape index (κ3) is 6.55. The van der Waals surface area contributed by atoms with Crippen LogP contribution >= 0.6 is 0 Å². The van der Waals surface area contributed by atoms with Crippen molar-refractivity contribution in [1.29, 1.82) is 0 Å². The van der Waals surface area contributed by atoms with Gasteiger partial charge in [0.2, 0.25) is 5.88 Å². The summed E-state index contributed by atoms with van der Waals surface area (Å²) in [4.78, 5) is 19.5. The summed E-state index contributed by atoms with van der Waals surface area (Å²) >= 11 is 0. The van der Waals surface area contributed by atoms with Crippen molar-refractivity contribution in [3.05, 3.63) is 47.2 Å². The van der Waals surface area contributed by atoms with Crippen LogP contribution in [0.5, 0.6) is 5.88 Å². The standard InChI is InChI=1S/C47H71N3O5S/c1-33-9-8-25-48-40(33)55-30-24-46(41(51)52)20-13-34(14-21-46)35-15-18-43(4)38(42(35,2)3)16-19-45(6)39(43)12-11-36-37-10-7-17-47(37,23-22-44(36,45)5)49-26-27-50-28-31-56(53,54)32-29-50/h8-9,13,15,25,36-39,49H,7,10-12,14,16-24,26-32H2,1-6H3,(H,51,52)/t36?,37-,38?,39?,43?,44-,45?,46?,47?/m1/s1. The monoisotopic (exact) mass is 790 g/mol. The van der Waals surface area contributed by atoms with Crippen LogP contribution in [0.3, 0.4) is 0 Å². The van der Waals surface area contributed by atoms with Crippen molar-refractivity contribution in [2.45, 2.75) is 137 Å². The smallest absolute Gasteiger partial charge is 0.310 e. The number of hydrogen-bond donors (Lipinski definition) is 2. The van der Waals surface area contributed by atoms with Gasteiger partial charge in [0.15, 0.2) is 9.84 Å². The first-order chi connectivity index (χ1) is 26.5. The molecule has 7 aliphatic rings. The van der Waals surface area contributed by atoms with E-state index >= 15 is 0 Å². The number of sulfone groups is 1. The van der Waals surface area contributed by atoms with Crippen LogP contribution in [0.1, 0.15) is 130 Å². The topological polar surface area (TPSA) is 109 Å². The molecule has 0 radical (unpaired) electrons. The van der Waals surface area contributed by atoms with Gasteiger partial charge in [0.25, 0.3) is 0 Å². The Morgan fingerprint density at radius 1 is 0.929 bits per heavy atom. The Morgan fingerprint density at radius 3 is 2.43 bits per heavy atom. The van der Waals surface area contributed by atoms with E-state index in [2.05, 4.69) is 62.0 Å². The normalized spacial score (nSPS) is 41.6. The van der Waals surface area contributed by atoms with Crippen LogP contribution < -0.4 is 10.1 Å². The van der Waals surface area contributed by atoms with Crippen molar-refractivity contribution >= 4 is 15.8 Å². The number of allylic oxidation sites excluding steroid dienone is 4. The molecule has 1 aromatic rings. The molecule has 5 fully saturated rings. The summed E-state index contributed by atoms with van der Waals surface area (Å²) in [5.74, 6) is 3.31. The molecule has 0 spiro atoms. The van der Waals surface area contributed by atoms with Crippen molar-refractivity contribution in [1.82, 2.24) is 15.2 Å². The van der Waals surface area contributed by atoms with Crippen LogP contribution in [-0.2, 0) is 14.6 Å². The van der Waals surface area contributed by atoms with Crippen LogP contribution in [0.25, 0.3) is 0 Å². The maximum atomic E-state index is 12.8. The fourth-order valence-corrected chi connectivity index (χ4v) is 16.4. The first-order valence-electron chi connectivity index (χ1n) is 22.3. The summed E-state index contributed by atoms with van der Waals surface area (Å²) < 4.78 is 30.0. The van der Waals surface area contributed by atoms with Gasteiger partial charge in [-0.25, -0.2) is 13.4 Å². The number of aliphatic carboxylic acids is 1. The number of hydrogen-bond acceptors (Lipinski definition) is 7. The molecular formula is C47H71N3O5S. The first-order valence-corrected chi connectivity index (χ1v) is 24.2. The fraction of sp³-hybridized carbons (Fsp3) is 0.787. The number of pyridine rings is 1. The van der Waals surface area contributed by atoms with Crippen molar-refractivity contribution in [2.24, 2.45) is 50.7 Å². The first kappa shape index (κ1) is 40.5. The van der Waals surface area contributed by atoms with Crippen molar-refractivity contribution in [2.75, 3.05) is 44.3 Å². The zero-order valence-corrected chi connectivity index (χ0v) is 36.2. The Labute approximate surface area is 338 Å². The van der Waals surface area contributed by atoms with E-state index in [0.29, 0.717) is 79.0 Å². The van der Waals surface area contributed by atoms with Gasteiger partial charge in [-0.3, -0.25) is 4.79 Å². The molecular weight excluding hydrogens is 719 g/mol. The molecule has 56 heavy (non-hydrogen) atoms. The number of rotatable bonds is 10. The van der Waals surface area contributed by atoms with Gasteiger partial charge < -0.3 is 20.1 Å². The Morgan fingerprint density at radius 2 is 1.71 bits per heavy atom. The lowest BCUT2D eigenvalue weighted by Crippen LogP contribution is -2.67. The van der Waals surface area contributed by atoms with E-state index in [1.807, 2.05) is 19.1 Å². The maximum absolute atomic E-state index is 12.8.